The highest BCUT2D eigenvalue weighted by atomic mass is 16.5. The van der Waals surface area contributed by atoms with E-state index in [4.69, 9.17) is 0 Å². The average molecular weight is 251 g/mol. The summed E-state index contributed by atoms with van der Waals surface area (Å²) in [5.74, 6) is -1.75. The van der Waals surface area contributed by atoms with Gasteiger partial charge in [0.05, 0.1) is 14.2 Å². The summed E-state index contributed by atoms with van der Waals surface area (Å²) in [6, 6.07) is 2.99. The molecule has 0 aliphatic rings. The zero-order valence-corrected chi connectivity index (χ0v) is 10.3. The van der Waals surface area contributed by atoms with Crippen molar-refractivity contribution in [2.45, 2.75) is 6.92 Å². The molecule has 6 nitrogen and oxygen atoms in total. The first kappa shape index (κ1) is 13.7. The van der Waals surface area contributed by atoms with Crippen LogP contribution in [0.25, 0.3) is 5.76 Å². The van der Waals surface area contributed by atoms with Crippen molar-refractivity contribution < 1.29 is 28.4 Å². The normalized spacial score (nSPS) is 9.50. The van der Waals surface area contributed by atoms with Crippen molar-refractivity contribution in [3.63, 3.8) is 0 Å². The molecule has 1 aromatic rings. The van der Waals surface area contributed by atoms with Gasteiger partial charge in [0.2, 0.25) is 0 Å². The molecule has 0 N–H and O–H groups in total. The van der Waals surface area contributed by atoms with Gasteiger partial charge in [-0.1, -0.05) is 6.92 Å². The minimum absolute atomic E-state index is 0.111. The number of hydrogen-bond donors (Lipinski definition) is 0. The Morgan fingerprint density at radius 2 is 1.56 bits per heavy atom. The Hall–Kier alpha value is -2.37. The molecular formula is C12H13NO5. The lowest BCUT2D eigenvalue weighted by Gasteiger charge is -2.01. The lowest BCUT2D eigenvalue weighted by molar-refractivity contribution is -0.517. The minimum Gasteiger partial charge on any atom is -0.875 e. The number of esters is 2. The van der Waals surface area contributed by atoms with Gasteiger partial charge in [-0.3, -0.25) is 0 Å². The average Bonchev–Trinajstić information content (AvgIpc) is 2.39. The molecule has 0 fully saturated rings. The van der Waals surface area contributed by atoms with Crippen LogP contribution in [0.4, 0.5) is 0 Å². The first-order valence-corrected chi connectivity index (χ1v) is 5.07. The summed E-state index contributed by atoms with van der Waals surface area (Å²) in [5.41, 5.74) is -0.282. The molecule has 6 heteroatoms. The van der Waals surface area contributed by atoms with Gasteiger partial charge >= 0.3 is 17.7 Å². The predicted molar refractivity (Wildman–Crippen MR) is 58.0 cm³/mol. The topological polar surface area (TPSA) is 81.6 Å². The predicted octanol–water partition coefficient (Wildman–Crippen LogP) is -1.81. The second kappa shape index (κ2) is 5.81. The van der Waals surface area contributed by atoms with Gasteiger partial charge in [-0.25, -0.2) is 9.59 Å². The van der Waals surface area contributed by atoms with E-state index in [1.54, 1.807) is 0 Å². The fraction of sp³-hybridized carbons (Fsp3) is 0.250. The van der Waals surface area contributed by atoms with Crippen LogP contribution in [-0.2, 0) is 19.1 Å². The van der Waals surface area contributed by atoms with Crippen molar-refractivity contribution in [3.8, 4) is 0 Å². The van der Waals surface area contributed by atoms with Crippen molar-refractivity contribution in [3.05, 3.63) is 35.5 Å². The molecule has 0 amide bonds. The number of carbonyl (C=O) groups excluding carboxylic acids is 2. The van der Waals surface area contributed by atoms with Crippen LogP contribution in [0.5, 0.6) is 0 Å². The van der Waals surface area contributed by atoms with Crippen LogP contribution in [0, 0.1) is 5.71 Å². The molecule has 96 valence electrons. The summed E-state index contributed by atoms with van der Waals surface area (Å²) >= 11 is 0. The van der Waals surface area contributed by atoms with Crippen molar-refractivity contribution in [2.24, 2.45) is 0 Å². The number of hydrogen-bond acceptors (Lipinski definition) is 5. The SMILES string of the molecule is COC(=O)C(C(=O)OC)=[n+]1ccc(=C(C)[O-])cc1. The van der Waals surface area contributed by atoms with Gasteiger partial charge in [0.15, 0.2) is 12.4 Å². The van der Waals surface area contributed by atoms with Gasteiger partial charge in [0, 0.05) is 12.1 Å². The number of carbonyl (C=O) groups is 2. The van der Waals surface area contributed by atoms with Gasteiger partial charge in [-0.05, 0) is 5.22 Å². The number of aromatic nitrogens is 1. The van der Waals surface area contributed by atoms with Crippen LogP contribution in [0.2, 0.25) is 0 Å². The zero-order chi connectivity index (χ0) is 13.7. The van der Waals surface area contributed by atoms with Crippen LogP contribution >= 0.6 is 0 Å². The quantitative estimate of drug-likeness (QED) is 0.351. The highest BCUT2D eigenvalue weighted by Gasteiger charge is 2.30. The molecule has 0 aliphatic heterocycles. The smallest absolute Gasteiger partial charge is 0.411 e. The summed E-state index contributed by atoms with van der Waals surface area (Å²) in [6.07, 6.45) is 2.83. The van der Waals surface area contributed by atoms with E-state index in [2.05, 4.69) is 9.47 Å². The first-order chi connectivity index (χ1) is 8.51. The molecular weight excluding hydrogens is 238 g/mol. The Morgan fingerprint density at radius 3 is 1.89 bits per heavy atom. The van der Waals surface area contributed by atoms with Crippen molar-refractivity contribution >= 4 is 17.7 Å². The lowest BCUT2D eigenvalue weighted by Crippen LogP contribution is -2.35. The van der Waals surface area contributed by atoms with Crippen LogP contribution < -0.4 is 14.6 Å². The monoisotopic (exact) mass is 251 g/mol. The fourth-order valence-electron chi connectivity index (χ4n) is 1.30. The van der Waals surface area contributed by atoms with Gasteiger partial charge in [-0.15, -0.1) is 5.76 Å². The van der Waals surface area contributed by atoms with Crippen molar-refractivity contribution in [1.82, 2.24) is 0 Å². The molecule has 0 radical (unpaired) electrons. The maximum absolute atomic E-state index is 11.5. The number of nitrogens with zero attached hydrogens (tertiary/aromatic N) is 1. The summed E-state index contributed by atoms with van der Waals surface area (Å²) in [5, 5.41) is 11.6. The molecule has 0 aromatic carbocycles. The number of rotatable bonds is 2. The molecule has 1 aromatic heterocycles. The molecule has 0 unspecified atom stereocenters. The largest absolute Gasteiger partial charge is 0.875 e. The number of methoxy groups -OCH3 is 2. The van der Waals surface area contributed by atoms with E-state index < -0.39 is 11.9 Å². The fourth-order valence-corrected chi connectivity index (χ4v) is 1.30. The van der Waals surface area contributed by atoms with Crippen molar-refractivity contribution in [2.75, 3.05) is 14.2 Å². The van der Waals surface area contributed by atoms with Gasteiger partial charge in [-0.2, -0.15) is 4.24 Å². The molecule has 18 heavy (non-hydrogen) atoms. The Morgan fingerprint density at radius 1 is 1.11 bits per heavy atom. The van der Waals surface area contributed by atoms with E-state index in [0.29, 0.717) is 5.22 Å². The van der Waals surface area contributed by atoms with E-state index in [1.165, 1.54) is 35.7 Å². The zero-order valence-electron chi connectivity index (χ0n) is 10.3. The van der Waals surface area contributed by atoms with Crippen molar-refractivity contribution in [1.29, 1.82) is 0 Å². The number of ether oxygens (including phenoxy) is 2. The molecule has 0 saturated carbocycles. The Bertz CT molecular complexity index is 545. The summed E-state index contributed by atoms with van der Waals surface area (Å²) < 4.78 is 10.2. The van der Waals surface area contributed by atoms with E-state index in [1.807, 2.05) is 0 Å². The first-order valence-electron chi connectivity index (χ1n) is 5.07. The van der Waals surface area contributed by atoms with Crippen LogP contribution in [-0.4, -0.2) is 26.2 Å². The standard InChI is InChI=1S/C12H13NO5/c1-8(14)9-4-6-13(7-5-9)10(11(15)17-2)12(16)18-3/h4-7H,1-3H3. The second-order valence-corrected chi connectivity index (χ2v) is 3.38. The molecule has 0 bridgehead atoms. The van der Waals surface area contributed by atoms with E-state index in [-0.39, 0.29) is 11.5 Å². The Balaban J connectivity index is 3.50. The van der Waals surface area contributed by atoms with Gasteiger partial charge < -0.3 is 14.6 Å². The van der Waals surface area contributed by atoms with E-state index >= 15 is 0 Å². The third kappa shape index (κ3) is 2.85. The lowest BCUT2D eigenvalue weighted by atomic mass is 10.3. The molecule has 0 aliphatic carbocycles. The maximum atomic E-state index is 11.5. The molecule has 0 atom stereocenters. The summed E-state index contributed by atoms with van der Waals surface area (Å²) in [6.45, 7) is 1.42. The second-order valence-electron chi connectivity index (χ2n) is 3.38. The maximum Gasteiger partial charge on any atom is 0.411 e. The third-order valence-electron chi connectivity index (χ3n) is 2.25. The van der Waals surface area contributed by atoms with Crippen LogP contribution in [0.15, 0.2) is 24.5 Å². The van der Waals surface area contributed by atoms with Crippen LogP contribution in [0.1, 0.15) is 6.92 Å². The molecule has 0 saturated heterocycles. The third-order valence-corrected chi connectivity index (χ3v) is 2.25. The summed E-state index contributed by atoms with van der Waals surface area (Å²) in [4.78, 5) is 23.0. The van der Waals surface area contributed by atoms with E-state index in [0.717, 1.165) is 14.2 Å². The Kier molecular flexibility index (Phi) is 4.42. The Labute approximate surface area is 103 Å². The minimum atomic E-state index is -0.817. The molecule has 1 rings (SSSR count). The highest BCUT2D eigenvalue weighted by Crippen LogP contribution is 1.92. The van der Waals surface area contributed by atoms with E-state index in [9.17, 15) is 14.7 Å². The van der Waals surface area contributed by atoms with Gasteiger partial charge in [0.25, 0.3) is 0 Å². The molecule has 1 heterocycles. The highest BCUT2D eigenvalue weighted by molar-refractivity contribution is 6.05. The summed E-state index contributed by atoms with van der Waals surface area (Å²) in [7, 11) is 2.32. The molecule has 0 spiro atoms. The van der Waals surface area contributed by atoms with Crippen LogP contribution in [0.3, 0.4) is 0 Å². The number of pyridine rings is 1. The van der Waals surface area contributed by atoms with Gasteiger partial charge in [0.1, 0.15) is 0 Å².